The van der Waals surface area contributed by atoms with E-state index in [0.717, 1.165) is 32.5 Å². The zero-order chi connectivity index (χ0) is 16.5. The van der Waals surface area contributed by atoms with Crippen molar-refractivity contribution in [1.82, 2.24) is 4.90 Å². The van der Waals surface area contributed by atoms with E-state index in [1.807, 2.05) is 0 Å². The fourth-order valence-electron chi connectivity index (χ4n) is 2.35. The number of hydrogen-bond donors (Lipinski definition) is 0. The lowest BCUT2D eigenvalue weighted by molar-refractivity contribution is -0.145. The molecule has 0 aromatic heterocycles. The fourth-order valence-corrected chi connectivity index (χ4v) is 2.35. The van der Waals surface area contributed by atoms with Crippen molar-refractivity contribution in [2.75, 3.05) is 39.5 Å². The maximum atomic E-state index is 11.5. The number of hydrogen-bond acceptors (Lipinski definition) is 4. The van der Waals surface area contributed by atoms with E-state index in [1.54, 1.807) is 0 Å². The molecule has 0 N–H and O–H groups in total. The van der Waals surface area contributed by atoms with E-state index in [9.17, 15) is 4.79 Å². The standard InChI is InChI=1S/C18H37NO3/c1-4-7-8-9-10-11-12-13-18(20)22-17-16-21-15-14-19(5-2)6-3/h4-17H2,1-3H3. The average molecular weight is 315 g/mol. The summed E-state index contributed by atoms with van der Waals surface area (Å²) in [6.45, 7) is 11.2. The van der Waals surface area contributed by atoms with Gasteiger partial charge in [0.1, 0.15) is 6.61 Å². The number of ether oxygens (including phenoxy) is 2. The molecule has 0 amide bonds. The van der Waals surface area contributed by atoms with Gasteiger partial charge in [0.25, 0.3) is 0 Å². The van der Waals surface area contributed by atoms with E-state index in [-0.39, 0.29) is 5.97 Å². The Kier molecular flexibility index (Phi) is 16.3. The third-order valence-electron chi connectivity index (χ3n) is 3.92. The van der Waals surface area contributed by atoms with Gasteiger partial charge >= 0.3 is 5.97 Å². The van der Waals surface area contributed by atoms with Crippen molar-refractivity contribution in [3.8, 4) is 0 Å². The highest BCUT2D eigenvalue weighted by atomic mass is 16.6. The van der Waals surface area contributed by atoms with Gasteiger partial charge in [-0.3, -0.25) is 4.79 Å². The predicted molar refractivity (Wildman–Crippen MR) is 92.2 cm³/mol. The first-order valence-corrected chi connectivity index (χ1v) is 9.20. The molecule has 0 radical (unpaired) electrons. The van der Waals surface area contributed by atoms with Crippen molar-refractivity contribution >= 4 is 5.97 Å². The van der Waals surface area contributed by atoms with E-state index >= 15 is 0 Å². The minimum atomic E-state index is -0.0825. The number of carbonyl (C=O) groups is 1. The molecule has 0 aliphatic rings. The topological polar surface area (TPSA) is 38.8 Å². The molecule has 0 unspecified atom stereocenters. The van der Waals surface area contributed by atoms with Crippen LogP contribution in [0.15, 0.2) is 0 Å². The molecule has 0 aliphatic heterocycles. The zero-order valence-electron chi connectivity index (χ0n) is 15.1. The maximum Gasteiger partial charge on any atom is 0.305 e. The average Bonchev–Trinajstić information content (AvgIpc) is 2.53. The fraction of sp³-hybridized carbons (Fsp3) is 0.944. The third kappa shape index (κ3) is 14.3. The highest BCUT2D eigenvalue weighted by Crippen LogP contribution is 2.08. The number of carbonyl (C=O) groups excluding carboxylic acids is 1. The Morgan fingerprint density at radius 2 is 1.45 bits per heavy atom. The van der Waals surface area contributed by atoms with E-state index < -0.39 is 0 Å². The molecule has 0 saturated heterocycles. The van der Waals surface area contributed by atoms with E-state index in [1.165, 1.54) is 32.1 Å². The van der Waals surface area contributed by atoms with E-state index in [4.69, 9.17) is 9.47 Å². The van der Waals surface area contributed by atoms with Gasteiger partial charge in [0.05, 0.1) is 13.2 Å². The summed E-state index contributed by atoms with van der Waals surface area (Å²) in [5.41, 5.74) is 0. The Morgan fingerprint density at radius 3 is 2.09 bits per heavy atom. The maximum absolute atomic E-state index is 11.5. The lowest BCUT2D eigenvalue weighted by Crippen LogP contribution is -2.27. The highest BCUT2D eigenvalue weighted by Gasteiger charge is 2.03. The molecule has 0 atom stereocenters. The van der Waals surface area contributed by atoms with Crippen LogP contribution in [0.2, 0.25) is 0 Å². The third-order valence-corrected chi connectivity index (χ3v) is 3.92. The lowest BCUT2D eigenvalue weighted by Gasteiger charge is -2.17. The molecular formula is C18H37NO3. The van der Waals surface area contributed by atoms with Gasteiger partial charge in [-0.1, -0.05) is 59.3 Å². The van der Waals surface area contributed by atoms with Crippen LogP contribution in [0.3, 0.4) is 0 Å². The Bertz CT molecular complexity index is 242. The first-order chi connectivity index (χ1) is 10.7. The summed E-state index contributed by atoms with van der Waals surface area (Å²) in [5, 5.41) is 0. The second-order valence-corrected chi connectivity index (χ2v) is 5.73. The number of nitrogens with zero attached hydrogens (tertiary/aromatic N) is 1. The van der Waals surface area contributed by atoms with Crippen molar-refractivity contribution in [2.45, 2.75) is 72.1 Å². The Hall–Kier alpha value is -0.610. The number of esters is 1. The molecule has 0 saturated carbocycles. The van der Waals surface area contributed by atoms with Gasteiger partial charge in [-0.2, -0.15) is 0 Å². The monoisotopic (exact) mass is 315 g/mol. The molecule has 4 heteroatoms. The van der Waals surface area contributed by atoms with Crippen molar-refractivity contribution in [1.29, 1.82) is 0 Å². The van der Waals surface area contributed by atoms with Crippen LogP contribution < -0.4 is 0 Å². The minimum Gasteiger partial charge on any atom is -0.463 e. The molecule has 132 valence electrons. The number of likely N-dealkylation sites (N-methyl/N-ethyl adjacent to an activating group) is 1. The van der Waals surface area contributed by atoms with Crippen LogP contribution in [0.5, 0.6) is 0 Å². The molecule has 0 fully saturated rings. The van der Waals surface area contributed by atoms with Crippen LogP contribution in [0.1, 0.15) is 72.1 Å². The van der Waals surface area contributed by atoms with Gasteiger partial charge in [0.2, 0.25) is 0 Å². The first kappa shape index (κ1) is 21.4. The summed E-state index contributed by atoms with van der Waals surface area (Å²) in [5.74, 6) is -0.0825. The van der Waals surface area contributed by atoms with Gasteiger partial charge in [0, 0.05) is 13.0 Å². The van der Waals surface area contributed by atoms with Crippen LogP contribution in [0.25, 0.3) is 0 Å². The summed E-state index contributed by atoms with van der Waals surface area (Å²) in [6.07, 6.45) is 9.11. The van der Waals surface area contributed by atoms with Gasteiger partial charge in [0.15, 0.2) is 0 Å². The van der Waals surface area contributed by atoms with Crippen LogP contribution in [0.4, 0.5) is 0 Å². The second kappa shape index (κ2) is 16.8. The molecule has 0 aromatic rings. The van der Waals surface area contributed by atoms with Crippen LogP contribution in [0, 0.1) is 0 Å². The molecular weight excluding hydrogens is 278 g/mol. The largest absolute Gasteiger partial charge is 0.463 e. The summed E-state index contributed by atoms with van der Waals surface area (Å²) < 4.78 is 10.6. The predicted octanol–water partition coefficient (Wildman–Crippen LogP) is 4.03. The summed E-state index contributed by atoms with van der Waals surface area (Å²) in [6, 6.07) is 0. The first-order valence-electron chi connectivity index (χ1n) is 9.20. The minimum absolute atomic E-state index is 0.0825. The molecule has 22 heavy (non-hydrogen) atoms. The Labute approximate surface area is 137 Å². The highest BCUT2D eigenvalue weighted by molar-refractivity contribution is 5.69. The molecule has 0 heterocycles. The van der Waals surface area contributed by atoms with Crippen molar-refractivity contribution in [2.24, 2.45) is 0 Å². The van der Waals surface area contributed by atoms with E-state index in [2.05, 4.69) is 25.7 Å². The Morgan fingerprint density at radius 1 is 0.818 bits per heavy atom. The summed E-state index contributed by atoms with van der Waals surface area (Å²) in [4.78, 5) is 13.8. The van der Waals surface area contributed by atoms with Crippen LogP contribution in [-0.4, -0.2) is 50.3 Å². The summed E-state index contributed by atoms with van der Waals surface area (Å²) >= 11 is 0. The SMILES string of the molecule is CCCCCCCCCC(=O)OCCOCCN(CC)CC. The molecule has 0 spiro atoms. The zero-order valence-corrected chi connectivity index (χ0v) is 15.1. The molecule has 0 aromatic carbocycles. The van der Waals surface area contributed by atoms with Gasteiger partial charge < -0.3 is 14.4 Å². The van der Waals surface area contributed by atoms with Gasteiger partial charge in [-0.05, 0) is 19.5 Å². The smallest absolute Gasteiger partial charge is 0.305 e. The normalized spacial score (nSPS) is 11.1. The Balaban J connectivity index is 3.25. The lowest BCUT2D eigenvalue weighted by atomic mass is 10.1. The van der Waals surface area contributed by atoms with E-state index in [0.29, 0.717) is 26.2 Å². The van der Waals surface area contributed by atoms with Crippen LogP contribution in [-0.2, 0) is 14.3 Å². The molecule has 0 rings (SSSR count). The quantitative estimate of drug-likeness (QED) is 0.318. The number of rotatable bonds is 16. The summed E-state index contributed by atoms with van der Waals surface area (Å²) in [7, 11) is 0. The van der Waals surface area contributed by atoms with Crippen LogP contribution >= 0.6 is 0 Å². The van der Waals surface area contributed by atoms with Gasteiger partial charge in [-0.25, -0.2) is 0 Å². The molecule has 4 nitrogen and oxygen atoms in total. The van der Waals surface area contributed by atoms with Crippen molar-refractivity contribution in [3.63, 3.8) is 0 Å². The second-order valence-electron chi connectivity index (χ2n) is 5.73. The molecule has 0 aliphatic carbocycles. The van der Waals surface area contributed by atoms with Crippen molar-refractivity contribution in [3.05, 3.63) is 0 Å². The van der Waals surface area contributed by atoms with Gasteiger partial charge in [-0.15, -0.1) is 0 Å². The van der Waals surface area contributed by atoms with Crippen molar-refractivity contribution < 1.29 is 14.3 Å². The molecule has 0 bridgehead atoms. The number of unbranched alkanes of at least 4 members (excludes halogenated alkanes) is 6.